The van der Waals surface area contributed by atoms with E-state index < -0.39 is 12.0 Å². The van der Waals surface area contributed by atoms with Crippen LogP contribution in [0.15, 0.2) is 12.4 Å². The molecule has 0 radical (unpaired) electrons. The SMILES string of the molecule is CCCNc1ncc(CN[C@@H](CC(C)C)C(=O)O)cn1. The summed E-state index contributed by atoms with van der Waals surface area (Å²) in [5.74, 6) is 0.119. The number of nitrogens with one attached hydrogen (secondary N) is 2. The molecule has 6 nitrogen and oxygen atoms in total. The average Bonchev–Trinajstić information content (AvgIpc) is 2.41. The summed E-state index contributed by atoms with van der Waals surface area (Å²) in [7, 11) is 0. The minimum atomic E-state index is -0.819. The zero-order valence-electron chi connectivity index (χ0n) is 12.4. The Hall–Kier alpha value is -1.69. The molecule has 1 rings (SSSR count). The standard InChI is InChI=1S/C14H24N4O2/c1-4-5-15-14-17-8-11(9-18-14)7-16-12(13(19)20)6-10(2)3/h8-10,12,16H,4-7H2,1-3H3,(H,19,20)(H,15,17,18)/t12-/m0/s1. The number of carboxylic acid groups (broad SMARTS) is 1. The first-order valence-electron chi connectivity index (χ1n) is 7.04. The van der Waals surface area contributed by atoms with Crippen molar-refractivity contribution in [3.05, 3.63) is 18.0 Å². The molecule has 1 aromatic heterocycles. The third-order valence-corrected chi connectivity index (χ3v) is 2.80. The largest absolute Gasteiger partial charge is 0.480 e. The second-order valence-electron chi connectivity index (χ2n) is 5.24. The number of rotatable bonds is 9. The van der Waals surface area contributed by atoms with Gasteiger partial charge < -0.3 is 15.7 Å². The normalized spacial score (nSPS) is 12.4. The number of hydrogen-bond acceptors (Lipinski definition) is 5. The van der Waals surface area contributed by atoms with E-state index in [2.05, 4.69) is 27.5 Å². The van der Waals surface area contributed by atoms with Crippen LogP contribution in [0.1, 0.15) is 39.2 Å². The van der Waals surface area contributed by atoms with Gasteiger partial charge in [0.05, 0.1) is 0 Å². The van der Waals surface area contributed by atoms with Crippen molar-refractivity contribution in [3.8, 4) is 0 Å². The molecule has 1 aromatic rings. The van der Waals surface area contributed by atoms with Gasteiger partial charge in [-0.2, -0.15) is 0 Å². The predicted octanol–water partition coefficient (Wildman–Crippen LogP) is 1.89. The van der Waals surface area contributed by atoms with Crippen LogP contribution in [0.4, 0.5) is 5.95 Å². The van der Waals surface area contributed by atoms with Gasteiger partial charge in [-0.3, -0.25) is 4.79 Å². The first-order valence-corrected chi connectivity index (χ1v) is 7.04. The smallest absolute Gasteiger partial charge is 0.320 e. The van der Waals surface area contributed by atoms with Crippen LogP contribution in [0.25, 0.3) is 0 Å². The van der Waals surface area contributed by atoms with Crippen molar-refractivity contribution in [2.24, 2.45) is 5.92 Å². The van der Waals surface area contributed by atoms with E-state index in [1.807, 2.05) is 13.8 Å². The Kier molecular flexibility index (Phi) is 6.93. The van der Waals surface area contributed by atoms with Gasteiger partial charge in [0.1, 0.15) is 6.04 Å². The van der Waals surface area contributed by atoms with Gasteiger partial charge >= 0.3 is 5.97 Å². The van der Waals surface area contributed by atoms with Gasteiger partial charge in [0, 0.05) is 31.0 Å². The maximum absolute atomic E-state index is 11.1. The molecule has 1 atom stereocenters. The van der Waals surface area contributed by atoms with Crippen molar-refractivity contribution >= 4 is 11.9 Å². The molecule has 0 bridgehead atoms. The number of aromatic nitrogens is 2. The molecule has 0 saturated heterocycles. The summed E-state index contributed by atoms with van der Waals surface area (Å²) >= 11 is 0. The predicted molar refractivity (Wildman–Crippen MR) is 78.5 cm³/mol. The van der Waals surface area contributed by atoms with E-state index in [4.69, 9.17) is 5.11 Å². The number of anilines is 1. The van der Waals surface area contributed by atoms with Gasteiger partial charge in [-0.15, -0.1) is 0 Å². The Labute approximate surface area is 120 Å². The Balaban J connectivity index is 2.49. The molecule has 0 amide bonds. The molecule has 0 aliphatic carbocycles. The molecule has 3 N–H and O–H groups in total. The number of nitrogens with zero attached hydrogens (tertiary/aromatic N) is 2. The number of aliphatic carboxylic acids is 1. The van der Waals surface area contributed by atoms with Gasteiger partial charge in [-0.1, -0.05) is 20.8 Å². The molecule has 1 heterocycles. The van der Waals surface area contributed by atoms with Crippen molar-refractivity contribution < 1.29 is 9.90 Å². The number of carbonyl (C=O) groups is 1. The minimum absolute atomic E-state index is 0.334. The van der Waals surface area contributed by atoms with E-state index in [-0.39, 0.29) is 0 Å². The lowest BCUT2D eigenvalue weighted by atomic mass is 10.0. The summed E-state index contributed by atoms with van der Waals surface area (Å²) in [5, 5.41) is 15.3. The molecule has 0 fully saturated rings. The van der Waals surface area contributed by atoms with E-state index in [9.17, 15) is 4.79 Å². The van der Waals surface area contributed by atoms with Crippen molar-refractivity contribution in [3.63, 3.8) is 0 Å². The van der Waals surface area contributed by atoms with Crippen LogP contribution in [0.3, 0.4) is 0 Å². The highest BCUT2D eigenvalue weighted by atomic mass is 16.4. The third-order valence-electron chi connectivity index (χ3n) is 2.80. The quantitative estimate of drug-likeness (QED) is 0.640. The Morgan fingerprint density at radius 2 is 2.00 bits per heavy atom. The first kappa shape index (κ1) is 16.4. The lowest BCUT2D eigenvalue weighted by molar-refractivity contribution is -0.140. The van der Waals surface area contributed by atoms with Crippen LogP contribution in [-0.2, 0) is 11.3 Å². The first-order chi connectivity index (χ1) is 9.52. The second-order valence-corrected chi connectivity index (χ2v) is 5.24. The van der Waals surface area contributed by atoms with Gasteiger partial charge in [0.25, 0.3) is 0 Å². The summed E-state index contributed by atoms with van der Waals surface area (Å²) in [4.78, 5) is 19.5. The second kappa shape index (κ2) is 8.47. The molecule has 0 aliphatic rings. The molecule has 112 valence electrons. The maximum Gasteiger partial charge on any atom is 0.320 e. The zero-order chi connectivity index (χ0) is 15.0. The summed E-state index contributed by atoms with van der Waals surface area (Å²) in [5.41, 5.74) is 0.877. The fourth-order valence-corrected chi connectivity index (χ4v) is 1.76. The molecule has 0 aromatic carbocycles. The van der Waals surface area contributed by atoms with Gasteiger partial charge in [-0.25, -0.2) is 9.97 Å². The Morgan fingerprint density at radius 1 is 1.35 bits per heavy atom. The molecular formula is C14H24N4O2. The average molecular weight is 280 g/mol. The highest BCUT2D eigenvalue weighted by molar-refractivity contribution is 5.73. The van der Waals surface area contributed by atoms with Crippen LogP contribution in [0.2, 0.25) is 0 Å². The molecule has 0 saturated carbocycles. The van der Waals surface area contributed by atoms with Crippen molar-refractivity contribution in [2.75, 3.05) is 11.9 Å². The number of carboxylic acids is 1. The number of hydrogen-bond donors (Lipinski definition) is 3. The van der Waals surface area contributed by atoms with Crippen LogP contribution in [0.5, 0.6) is 0 Å². The topological polar surface area (TPSA) is 87.1 Å². The minimum Gasteiger partial charge on any atom is -0.480 e. The van der Waals surface area contributed by atoms with Crippen LogP contribution >= 0.6 is 0 Å². The van der Waals surface area contributed by atoms with Crippen LogP contribution in [-0.4, -0.2) is 33.6 Å². The molecule has 0 spiro atoms. The third kappa shape index (κ3) is 5.97. The summed E-state index contributed by atoms with van der Waals surface area (Å²) in [6.45, 7) is 7.39. The van der Waals surface area contributed by atoms with Gasteiger partial charge in [-0.05, 0) is 18.8 Å². The molecule has 0 unspecified atom stereocenters. The fourth-order valence-electron chi connectivity index (χ4n) is 1.76. The van der Waals surface area contributed by atoms with E-state index in [1.165, 1.54) is 0 Å². The zero-order valence-corrected chi connectivity index (χ0v) is 12.4. The monoisotopic (exact) mass is 280 g/mol. The fraction of sp³-hybridized carbons (Fsp3) is 0.643. The van der Waals surface area contributed by atoms with Crippen LogP contribution in [0, 0.1) is 5.92 Å². The van der Waals surface area contributed by atoms with E-state index in [0.29, 0.717) is 24.8 Å². The highest BCUT2D eigenvalue weighted by Gasteiger charge is 2.17. The van der Waals surface area contributed by atoms with Crippen molar-refractivity contribution in [1.82, 2.24) is 15.3 Å². The van der Waals surface area contributed by atoms with Gasteiger partial charge in [0.15, 0.2) is 0 Å². The summed E-state index contributed by atoms with van der Waals surface area (Å²) in [6, 6.07) is -0.534. The van der Waals surface area contributed by atoms with E-state index in [1.54, 1.807) is 12.4 Å². The lowest BCUT2D eigenvalue weighted by Crippen LogP contribution is -2.37. The molecular weight excluding hydrogens is 256 g/mol. The Bertz CT molecular complexity index is 406. The van der Waals surface area contributed by atoms with Crippen molar-refractivity contribution in [1.29, 1.82) is 0 Å². The molecule has 0 aliphatic heterocycles. The highest BCUT2D eigenvalue weighted by Crippen LogP contribution is 2.07. The van der Waals surface area contributed by atoms with Crippen LogP contribution < -0.4 is 10.6 Å². The molecule has 20 heavy (non-hydrogen) atoms. The van der Waals surface area contributed by atoms with E-state index >= 15 is 0 Å². The maximum atomic E-state index is 11.1. The van der Waals surface area contributed by atoms with E-state index in [0.717, 1.165) is 18.5 Å². The molecule has 6 heteroatoms. The summed E-state index contributed by atoms with van der Waals surface area (Å²) in [6.07, 6.45) is 5.05. The summed E-state index contributed by atoms with van der Waals surface area (Å²) < 4.78 is 0. The Morgan fingerprint density at radius 3 is 2.50 bits per heavy atom. The van der Waals surface area contributed by atoms with Gasteiger partial charge in [0.2, 0.25) is 5.95 Å². The van der Waals surface area contributed by atoms with Crippen molar-refractivity contribution in [2.45, 2.75) is 46.2 Å². The lowest BCUT2D eigenvalue weighted by Gasteiger charge is -2.16.